The van der Waals surface area contributed by atoms with Crippen molar-refractivity contribution in [2.24, 2.45) is 11.8 Å². The van der Waals surface area contributed by atoms with Crippen molar-refractivity contribution >= 4 is 40.7 Å². The molecule has 4 rings (SSSR count). The van der Waals surface area contributed by atoms with Crippen LogP contribution in [0.3, 0.4) is 0 Å². The number of thioether (sulfide) groups is 1. The quantitative estimate of drug-likeness (QED) is 0.277. The van der Waals surface area contributed by atoms with Crippen molar-refractivity contribution in [3.05, 3.63) is 64.5 Å². The van der Waals surface area contributed by atoms with Gasteiger partial charge in [0.25, 0.3) is 5.91 Å². The normalized spacial score (nSPS) is 17.7. The smallest absolute Gasteiger partial charge is 0.309 e. The third-order valence-electron chi connectivity index (χ3n) is 7.10. The van der Waals surface area contributed by atoms with Gasteiger partial charge < -0.3 is 14.8 Å². The van der Waals surface area contributed by atoms with Crippen molar-refractivity contribution in [2.75, 3.05) is 23.9 Å². The average Bonchev–Trinajstić information content (AvgIpc) is 3.42. The largest absolute Gasteiger partial charge is 0.487 e. The van der Waals surface area contributed by atoms with Gasteiger partial charge in [-0.1, -0.05) is 31.5 Å². The van der Waals surface area contributed by atoms with Crippen LogP contribution in [0.25, 0.3) is 11.3 Å². The van der Waals surface area contributed by atoms with Gasteiger partial charge in [-0.05, 0) is 74.3 Å². The lowest BCUT2D eigenvalue weighted by molar-refractivity contribution is -0.150. The van der Waals surface area contributed by atoms with Crippen LogP contribution in [0.5, 0.6) is 0 Å². The highest BCUT2D eigenvalue weighted by Gasteiger charge is 2.33. The topological polar surface area (TPSA) is 64.6 Å². The standard InChI is InChI=1S/C29H34FNO4S/c1-4-19(23(13-14-36-3)29(33)34-5-2)8-6-7-18-9-11-22-20(15-18)17-35-27(22)26-24-16-21(30)10-12-25(24)31-28(26)32/h9-12,15-16,19,23H,4-8,13-14,17H2,1-3H3,(H,31,32). The Bertz CT molecular complexity index is 1160. The molecule has 0 bridgehead atoms. The van der Waals surface area contributed by atoms with Gasteiger partial charge in [-0.2, -0.15) is 11.8 Å². The fourth-order valence-corrected chi connectivity index (χ4v) is 5.73. The van der Waals surface area contributed by atoms with Crippen LogP contribution in [0.4, 0.5) is 10.1 Å². The molecule has 2 aliphatic heterocycles. The molecule has 0 aliphatic carbocycles. The van der Waals surface area contributed by atoms with Gasteiger partial charge in [0.2, 0.25) is 0 Å². The van der Waals surface area contributed by atoms with E-state index in [9.17, 15) is 14.0 Å². The number of fused-ring (bicyclic) bond motifs is 2. The molecule has 2 unspecified atom stereocenters. The summed E-state index contributed by atoms with van der Waals surface area (Å²) >= 11 is 1.76. The molecule has 0 saturated heterocycles. The lowest BCUT2D eigenvalue weighted by Gasteiger charge is -2.24. The molecule has 0 spiro atoms. The molecule has 2 atom stereocenters. The lowest BCUT2D eigenvalue weighted by Crippen LogP contribution is -2.26. The zero-order valence-electron chi connectivity index (χ0n) is 21.2. The van der Waals surface area contributed by atoms with E-state index in [1.807, 2.05) is 13.0 Å². The predicted octanol–water partition coefficient (Wildman–Crippen LogP) is 6.46. The SMILES string of the molecule is CCOC(=O)C(CCSC)C(CC)CCCc1ccc2c(c1)COC2=C1C(=O)Nc2ccc(F)cc21. The zero-order chi connectivity index (χ0) is 25.7. The van der Waals surface area contributed by atoms with E-state index < -0.39 is 0 Å². The predicted molar refractivity (Wildman–Crippen MR) is 143 cm³/mol. The van der Waals surface area contributed by atoms with E-state index >= 15 is 0 Å². The van der Waals surface area contributed by atoms with Crippen molar-refractivity contribution in [1.29, 1.82) is 0 Å². The highest BCUT2D eigenvalue weighted by molar-refractivity contribution is 7.98. The van der Waals surface area contributed by atoms with E-state index in [1.54, 1.807) is 17.8 Å². The molecule has 192 valence electrons. The van der Waals surface area contributed by atoms with E-state index in [2.05, 4.69) is 30.6 Å². The van der Waals surface area contributed by atoms with Gasteiger partial charge in [0.05, 0.1) is 18.1 Å². The van der Waals surface area contributed by atoms with E-state index in [4.69, 9.17) is 9.47 Å². The van der Waals surface area contributed by atoms with Crippen molar-refractivity contribution in [1.82, 2.24) is 0 Å². The maximum Gasteiger partial charge on any atom is 0.309 e. The van der Waals surface area contributed by atoms with Gasteiger partial charge >= 0.3 is 5.97 Å². The fraction of sp³-hybridized carbons (Fsp3) is 0.448. The van der Waals surface area contributed by atoms with Gasteiger partial charge in [-0.3, -0.25) is 9.59 Å². The Kier molecular flexibility index (Phi) is 8.72. The number of ether oxygens (including phenoxy) is 2. The second kappa shape index (κ2) is 12.0. The summed E-state index contributed by atoms with van der Waals surface area (Å²) in [5.41, 5.74) is 4.64. The molecule has 0 saturated carbocycles. The Balaban J connectivity index is 1.45. The highest BCUT2D eigenvalue weighted by Crippen LogP contribution is 2.42. The number of carbonyl (C=O) groups excluding carboxylic acids is 2. The molecule has 1 N–H and O–H groups in total. The summed E-state index contributed by atoms with van der Waals surface area (Å²) in [6.45, 7) is 4.82. The molecule has 36 heavy (non-hydrogen) atoms. The second-order valence-corrected chi connectivity index (χ2v) is 10.3. The summed E-state index contributed by atoms with van der Waals surface area (Å²) < 4.78 is 25.2. The second-order valence-electron chi connectivity index (χ2n) is 9.33. The van der Waals surface area contributed by atoms with Crippen LogP contribution in [-0.4, -0.2) is 30.5 Å². The van der Waals surface area contributed by atoms with Gasteiger partial charge in [0.15, 0.2) is 0 Å². The first-order valence-corrected chi connectivity index (χ1v) is 14.1. The molecule has 0 fully saturated rings. The Morgan fingerprint density at radius 1 is 1.17 bits per heavy atom. The summed E-state index contributed by atoms with van der Waals surface area (Å²) in [7, 11) is 0. The van der Waals surface area contributed by atoms with Crippen LogP contribution in [-0.2, 0) is 32.1 Å². The van der Waals surface area contributed by atoms with Crippen LogP contribution < -0.4 is 5.32 Å². The Labute approximate surface area is 216 Å². The Morgan fingerprint density at radius 2 is 2.00 bits per heavy atom. The number of halogens is 1. The third kappa shape index (κ3) is 5.61. The van der Waals surface area contributed by atoms with Crippen molar-refractivity contribution in [3.63, 3.8) is 0 Å². The number of benzene rings is 2. The Morgan fingerprint density at radius 3 is 2.75 bits per heavy atom. The van der Waals surface area contributed by atoms with E-state index in [0.717, 1.165) is 49.0 Å². The minimum atomic E-state index is -0.388. The van der Waals surface area contributed by atoms with Gasteiger partial charge in [-0.15, -0.1) is 0 Å². The van der Waals surface area contributed by atoms with Crippen LogP contribution in [0.2, 0.25) is 0 Å². The molecule has 0 aromatic heterocycles. The first-order valence-electron chi connectivity index (χ1n) is 12.7. The number of hydrogen-bond donors (Lipinski definition) is 1. The van der Waals surface area contributed by atoms with Crippen molar-refractivity contribution in [2.45, 2.75) is 52.6 Å². The van der Waals surface area contributed by atoms with Gasteiger partial charge in [0.1, 0.15) is 18.2 Å². The van der Waals surface area contributed by atoms with E-state index in [0.29, 0.717) is 41.7 Å². The summed E-state index contributed by atoms with van der Waals surface area (Å²) in [6, 6.07) is 10.5. The summed E-state index contributed by atoms with van der Waals surface area (Å²) in [4.78, 5) is 25.2. The average molecular weight is 512 g/mol. The van der Waals surface area contributed by atoms with Gasteiger partial charge in [-0.25, -0.2) is 4.39 Å². The number of amides is 1. The number of carbonyl (C=O) groups is 2. The first kappa shape index (κ1) is 26.3. The minimum Gasteiger partial charge on any atom is -0.487 e. The number of anilines is 1. The lowest BCUT2D eigenvalue weighted by atomic mass is 9.83. The summed E-state index contributed by atoms with van der Waals surface area (Å²) in [5.74, 6) is 1.01. The molecule has 2 heterocycles. The molecule has 0 radical (unpaired) electrons. The van der Waals surface area contributed by atoms with Crippen LogP contribution >= 0.6 is 11.8 Å². The van der Waals surface area contributed by atoms with E-state index in [-0.39, 0.29) is 23.6 Å². The van der Waals surface area contributed by atoms with E-state index in [1.165, 1.54) is 17.7 Å². The van der Waals surface area contributed by atoms with Crippen LogP contribution in [0, 0.1) is 17.7 Å². The molecule has 2 aromatic carbocycles. The van der Waals surface area contributed by atoms with Crippen LogP contribution in [0.15, 0.2) is 36.4 Å². The minimum absolute atomic E-state index is 0.0460. The zero-order valence-corrected chi connectivity index (χ0v) is 22.0. The molecule has 2 aromatic rings. The molecule has 2 aliphatic rings. The number of hydrogen-bond acceptors (Lipinski definition) is 5. The third-order valence-corrected chi connectivity index (χ3v) is 7.74. The Hall–Kier alpha value is -2.80. The monoisotopic (exact) mass is 511 g/mol. The number of esters is 1. The maximum atomic E-state index is 13.9. The summed E-state index contributed by atoms with van der Waals surface area (Å²) in [6.07, 6.45) is 6.74. The molecular weight excluding hydrogens is 477 g/mol. The van der Waals surface area contributed by atoms with Crippen molar-refractivity contribution in [3.8, 4) is 0 Å². The molecule has 5 nitrogen and oxygen atoms in total. The summed E-state index contributed by atoms with van der Waals surface area (Å²) in [5, 5.41) is 2.80. The molecular formula is C29H34FNO4S. The van der Waals surface area contributed by atoms with Crippen LogP contribution in [0.1, 0.15) is 61.8 Å². The number of aryl methyl sites for hydroxylation is 1. The van der Waals surface area contributed by atoms with Crippen molar-refractivity contribution < 1.29 is 23.5 Å². The van der Waals surface area contributed by atoms with Gasteiger partial charge in [0, 0.05) is 22.4 Å². The first-order chi connectivity index (χ1) is 17.5. The fourth-order valence-electron chi connectivity index (χ4n) is 5.24. The molecule has 1 amide bonds. The maximum absolute atomic E-state index is 13.9. The number of rotatable bonds is 11. The number of nitrogens with one attached hydrogen (secondary N) is 1. The highest BCUT2D eigenvalue weighted by atomic mass is 32.2. The molecule has 7 heteroatoms.